The highest BCUT2D eigenvalue weighted by molar-refractivity contribution is 5.48. The van der Waals surface area contributed by atoms with Crippen molar-refractivity contribution in [3.05, 3.63) is 24.3 Å². The van der Waals surface area contributed by atoms with Crippen LogP contribution in [0.1, 0.15) is 6.42 Å². The minimum absolute atomic E-state index is 0.228. The number of alkyl halides is 3. The lowest BCUT2D eigenvalue weighted by molar-refractivity contribution is -0.274. The van der Waals surface area contributed by atoms with Gasteiger partial charge in [0.25, 0.3) is 0 Å². The SMILES string of the molecule is COCCCNc1cccc(OC(F)(F)F)c1. The molecule has 0 aliphatic rings. The molecular formula is C11H14F3NO2. The predicted molar refractivity (Wildman–Crippen MR) is 58.1 cm³/mol. The van der Waals surface area contributed by atoms with E-state index in [0.717, 1.165) is 6.42 Å². The number of hydrogen-bond donors (Lipinski definition) is 1. The first kappa shape index (κ1) is 13.6. The number of methoxy groups -OCH3 is 1. The Morgan fingerprint density at radius 3 is 2.71 bits per heavy atom. The number of ether oxygens (including phenoxy) is 2. The van der Waals surface area contributed by atoms with E-state index < -0.39 is 6.36 Å². The lowest BCUT2D eigenvalue weighted by Gasteiger charge is -2.11. The van der Waals surface area contributed by atoms with Crippen molar-refractivity contribution >= 4 is 5.69 Å². The number of anilines is 1. The Balaban J connectivity index is 2.48. The summed E-state index contributed by atoms with van der Waals surface area (Å²) in [6.45, 7) is 1.23. The van der Waals surface area contributed by atoms with Gasteiger partial charge in [-0.15, -0.1) is 13.2 Å². The van der Waals surface area contributed by atoms with E-state index in [4.69, 9.17) is 4.74 Å². The lowest BCUT2D eigenvalue weighted by atomic mass is 10.3. The van der Waals surface area contributed by atoms with Crippen molar-refractivity contribution in [2.75, 3.05) is 25.6 Å². The molecule has 0 radical (unpaired) electrons. The number of rotatable bonds is 6. The third kappa shape index (κ3) is 6.01. The Labute approximate surface area is 97.5 Å². The number of benzene rings is 1. The molecule has 1 aromatic carbocycles. The highest BCUT2D eigenvalue weighted by Gasteiger charge is 2.31. The summed E-state index contributed by atoms with van der Waals surface area (Å²) in [6, 6.07) is 5.74. The maximum absolute atomic E-state index is 12.0. The van der Waals surface area contributed by atoms with Gasteiger partial charge in [0.1, 0.15) is 5.75 Å². The van der Waals surface area contributed by atoms with Gasteiger partial charge in [-0.25, -0.2) is 0 Å². The zero-order chi connectivity index (χ0) is 12.7. The van der Waals surface area contributed by atoms with Crippen LogP contribution in [0.4, 0.5) is 18.9 Å². The van der Waals surface area contributed by atoms with Gasteiger partial charge in [-0.2, -0.15) is 0 Å². The molecule has 6 heteroatoms. The van der Waals surface area contributed by atoms with E-state index in [1.807, 2.05) is 0 Å². The van der Waals surface area contributed by atoms with Gasteiger partial charge in [0.15, 0.2) is 0 Å². The van der Waals surface area contributed by atoms with Crippen LogP contribution < -0.4 is 10.1 Å². The molecule has 0 aliphatic heterocycles. The normalized spacial score (nSPS) is 11.3. The van der Waals surface area contributed by atoms with Crippen molar-refractivity contribution in [2.45, 2.75) is 12.8 Å². The fourth-order valence-corrected chi connectivity index (χ4v) is 1.25. The fraction of sp³-hybridized carbons (Fsp3) is 0.455. The zero-order valence-electron chi connectivity index (χ0n) is 9.38. The molecule has 0 amide bonds. The summed E-state index contributed by atoms with van der Waals surface area (Å²) in [5.41, 5.74) is 0.586. The quantitative estimate of drug-likeness (QED) is 0.786. The van der Waals surface area contributed by atoms with Gasteiger partial charge in [0.05, 0.1) is 0 Å². The van der Waals surface area contributed by atoms with E-state index in [-0.39, 0.29) is 5.75 Å². The summed E-state index contributed by atoms with van der Waals surface area (Å²) in [5, 5.41) is 2.98. The molecule has 17 heavy (non-hydrogen) atoms. The summed E-state index contributed by atoms with van der Waals surface area (Å²) in [4.78, 5) is 0. The molecule has 1 N–H and O–H groups in total. The zero-order valence-corrected chi connectivity index (χ0v) is 9.38. The molecule has 0 fully saturated rings. The second kappa shape index (κ2) is 6.34. The molecule has 0 atom stereocenters. The highest BCUT2D eigenvalue weighted by atomic mass is 19.4. The van der Waals surface area contributed by atoms with Crippen LogP contribution in [0, 0.1) is 0 Å². The third-order valence-electron chi connectivity index (χ3n) is 1.92. The Bertz CT molecular complexity index is 342. The highest BCUT2D eigenvalue weighted by Crippen LogP contribution is 2.24. The van der Waals surface area contributed by atoms with E-state index in [9.17, 15) is 13.2 Å². The summed E-state index contributed by atoms with van der Waals surface area (Å²) in [7, 11) is 1.60. The minimum Gasteiger partial charge on any atom is -0.406 e. The van der Waals surface area contributed by atoms with Crippen LogP contribution in [-0.4, -0.2) is 26.6 Å². The van der Waals surface area contributed by atoms with E-state index >= 15 is 0 Å². The Hall–Kier alpha value is -1.43. The van der Waals surface area contributed by atoms with Gasteiger partial charge < -0.3 is 14.8 Å². The average molecular weight is 249 g/mol. The first-order valence-corrected chi connectivity index (χ1v) is 5.10. The average Bonchev–Trinajstić information content (AvgIpc) is 2.23. The molecule has 0 aromatic heterocycles. The van der Waals surface area contributed by atoms with Gasteiger partial charge in [-0.05, 0) is 18.6 Å². The van der Waals surface area contributed by atoms with Crippen molar-refractivity contribution in [3.8, 4) is 5.75 Å². The molecule has 0 spiro atoms. The first-order valence-electron chi connectivity index (χ1n) is 5.10. The molecule has 1 aromatic rings. The largest absolute Gasteiger partial charge is 0.573 e. The van der Waals surface area contributed by atoms with Crippen molar-refractivity contribution in [1.82, 2.24) is 0 Å². The Morgan fingerprint density at radius 1 is 1.29 bits per heavy atom. The smallest absolute Gasteiger partial charge is 0.406 e. The topological polar surface area (TPSA) is 30.5 Å². The van der Waals surface area contributed by atoms with Crippen LogP contribution >= 0.6 is 0 Å². The maximum Gasteiger partial charge on any atom is 0.573 e. The second-order valence-electron chi connectivity index (χ2n) is 3.35. The predicted octanol–water partition coefficient (Wildman–Crippen LogP) is 3.03. The molecule has 0 aliphatic carbocycles. The van der Waals surface area contributed by atoms with Crippen LogP contribution in [-0.2, 0) is 4.74 Å². The summed E-state index contributed by atoms with van der Waals surface area (Å²) in [5.74, 6) is -0.228. The molecule has 0 saturated carbocycles. The third-order valence-corrected chi connectivity index (χ3v) is 1.92. The standard InChI is InChI=1S/C11H14F3NO2/c1-16-7-3-6-15-9-4-2-5-10(8-9)17-11(12,13)14/h2,4-5,8,15H,3,6-7H2,1H3. The van der Waals surface area contributed by atoms with Crippen LogP contribution in [0.15, 0.2) is 24.3 Å². The van der Waals surface area contributed by atoms with Crippen LogP contribution in [0.3, 0.4) is 0 Å². The summed E-state index contributed by atoms with van der Waals surface area (Å²) in [6.07, 6.45) is -3.88. The number of hydrogen-bond acceptors (Lipinski definition) is 3. The minimum atomic E-state index is -4.66. The summed E-state index contributed by atoms with van der Waals surface area (Å²) >= 11 is 0. The first-order chi connectivity index (χ1) is 8.01. The van der Waals surface area contributed by atoms with Gasteiger partial charge in [0.2, 0.25) is 0 Å². The maximum atomic E-state index is 12.0. The molecule has 0 saturated heterocycles. The van der Waals surface area contributed by atoms with E-state index in [0.29, 0.717) is 18.8 Å². The van der Waals surface area contributed by atoms with Crippen molar-refractivity contribution in [3.63, 3.8) is 0 Å². The van der Waals surface area contributed by atoms with Gasteiger partial charge in [0, 0.05) is 32.0 Å². The molecule has 1 rings (SSSR count). The van der Waals surface area contributed by atoms with Crippen molar-refractivity contribution in [1.29, 1.82) is 0 Å². The van der Waals surface area contributed by atoms with Crippen LogP contribution in [0.25, 0.3) is 0 Å². The van der Waals surface area contributed by atoms with Crippen LogP contribution in [0.2, 0.25) is 0 Å². The monoisotopic (exact) mass is 249 g/mol. The van der Waals surface area contributed by atoms with Gasteiger partial charge in [-0.3, -0.25) is 0 Å². The Kier molecular flexibility index (Phi) is 5.09. The van der Waals surface area contributed by atoms with Gasteiger partial charge in [-0.1, -0.05) is 6.07 Å². The number of nitrogens with one attached hydrogen (secondary N) is 1. The van der Waals surface area contributed by atoms with E-state index in [1.54, 1.807) is 13.2 Å². The van der Waals surface area contributed by atoms with Crippen LogP contribution in [0.5, 0.6) is 5.75 Å². The molecule has 0 unspecified atom stereocenters. The molecule has 96 valence electrons. The van der Waals surface area contributed by atoms with E-state index in [2.05, 4.69) is 10.1 Å². The Morgan fingerprint density at radius 2 is 2.06 bits per heavy atom. The lowest BCUT2D eigenvalue weighted by Crippen LogP contribution is -2.17. The van der Waals surface area contributed by atoms with E-state index in [1.165, 1.54) is 18.2 Å². The fourth-order valence-electron chi connectivity index (χ4n) is 1.25. The van der Waals surface area contributed by atoms with Crippen molar-refractivity contribution in [2.24, 2.45) is 0 Å². The molecule has 0 heterocycles. The molecule has 3 nitrogen and oxygen atoms in total. The van der Waals surface area contributed by atoms with Crippen molar-refractivity contribution < 1.29 is 22.6 Å². The molecular weight excluding hydrogens is 235 g/mol. The summed E-state index contributed by atoms with van der Waals surface area (Å²) < 4.78 is 44.6. The van der Waals surface area contributed by atoms with Gasteiger partial charge >= 0.3 is 6.36 Å². The second-order valence-corrected chi connectivity index (χ2v) is 3.35. The number of halogens is 3. The molecule has 0 bridgehead atoms.